The molecule has 0 aliphatic heterocycles. The van der Waals surface area contributed by atoms with Gasteiger partial charge in [-0.25, -0.2) is 8.42 Å². The third-order valence-corrected chi connectivity index (χ3v) is 4.18. The van der Waals surface area contributed by atoms with Gasteiger partial charge in [-0.2, -0.15) is 0 Å². The molecule has 0 saturated heterocycles. The van der Waals surface area contributed by atoms with Crippen molar-refractivity contribution >= 4 is 21.4 Å². The van der Waals surface area contributed by atoms with Crippen LogP contribution in [0.2, 0.25) is 0 Å². The first-order valence-corrected chi connectivity index (χ1v) is 6.68. The smallest absolute Gasteiger partial charge is 0.262 e. The summed E-state index contributed by atoms with van der Waals surface area (Å²) in [5.41, 5.74) is 7.95. The summed E-state index contributed by atoms with van der Waals surface area (Å²) in [5.74, 6) is 0. The number of nitrogens with zero attached hydrogens (tertiary/aromatic N) is 1. The summed E-state index contributed by atoms with van der Waals surface area (Å²) in [6, 6.07) is 3.20. The minimum atomic E-state index is -3.68. The van der Waals surface area contributed by atoms with Crippen molar-refractivity contribution in [3.8, 4) is 0 Å². The third kappa shape index (κ3) is 2.17. The first kappa shape index (κ1) is 12.4. The Hall–Kier alpha value is -2.02. The molecule has 7 heteroatoms. The van der Waals surface area contributed by atoms with Crippen LogP contribution < -0.4 is 10.5 Å². The molecule has 3 N–H and O–H groups in total. The second-order valence-electron chi connectivity index (χ2n) is 3.94. The van der Waals surface area contributed by atoms with Gasteiger partial charge in [0.15, 0.2) is 0 Å². The molecule has 0 saturated carbocycles. The number of aromatic nitrogens is 1. The predicted octanol–water partition coefficient (Wildman–Crippen LogP) is 1.67. The maximum atomic E-state index is 12.1. The van der Waals surface area contributed by atoms with Crippen LogP contribution in [0.15, 0.2) is 34.0 Å². The standard InChI is InChI=1S/C11H13N3O3S/c1-7-3-4-10(8(2)11(7)12)18(15,16)14-9-5-13-17-6-9/h3-6,14H,12H2,1-2H3. The number of aryl methyl sites for hydroxylation is 1. The molecule has 0 unspecified atom stereocenters. The zero-order valence-electron chi connectivity index (χ0n) is 9.97. The molecular formula is C11H13N3O3S. The number of anilines is 2. The molecule has 0 fully saturated rings. The Morgan fingerprint density at radius 1 is 1.33 bits per heavy atom. The number of hydrogen-bond donors (Lipinski definition) is 2. The van der Waals surface area contributed by atoms with Crippen LogP contribution >= 0.6 is 0 Å². The number of benzene rings is 1. The zero-order chi connectivity index (χ0) is 13.3. The van der Waals surface area contributed by atoms with Crippen LogP contribution in [0, 0.1) is 13.8 Å². The first-order chi connectivity index (χ1) is 8.42. The Morgan fingerprint density at radius 2 is 2.06 bits per heavy atom. The van der Waals surface area contributed by atoms with Crippen molar-refractivity contribution in [1.29, 1.82) is 0 Å². The van der Waals surface area contributed by atoms with E-state index in [4.69, 9.17) is 5.73 Å². The van der Waals surface area contributed by atoms with E-state index in [0.717, 1.165) is 5.56 Å². The SMILES string of the molecule is Cc1ccc(S(=O)(=O)Nc2cnoc2)c(C)c1N. The Bertz CT molecular complexity index is 663. The highest BCUT2D eigenvalue weighted by molar-refractivity contribution is 7.92. The van der Waals surface area contributed by atoms with Gasteiger partial charge in [-0.05, 0) is 31.0 Å². The van der Waals surface area contributed by atoms with E-state index in [9.17, 15) is 8.42 Å². The number of nitrogens with one attached hydrogen (secondary N) is 1. The van der Waals surface area contributed by atoms with Gasteiger partial charge in [0.25, 0.3) is 10.0 Å². The minimum Gasteiger partial charge on any atom is -0.398 e. The van der Waals surface area contributed by atoms with Gasteiger partial charge in [-0.1, -0.05) is 11.2 Å². The van der Waals surface area contributed by atoms with Gasteiger partial charge in [0, 0.05) is 5.69 Å². The highest BCUT2D eigenvalue weighted by Gasteiger charge is 2.19. The molecule has 6 nitrogen and oxygen atoms in total. The summed E-state index contributed by atoms with van der Waals surface area (Å²) in [6.45, 7) is 3.50. The van der Waals surface area contributed by atoms with Crippen molar-refractivity contribution in [3.63, 3.8) is 0 Å². The fraction of sp³-hybridized carbons (Fsp3) is 0.182. The van der Waals surface area contributed by atoms with Crippen molar-refractivity contribution in [1.82, 2.24) is 5.16 Å². The molecule has 1 aromatic carbocycles. The molecule has 0 aliphatic rings. The summed E-state index contributed by atoms with van der Waals surface area (Å²) in [4.78, 5) is 0.145. The molecular weight excluding hydrogens is 254 g/mol. The normalized spacial score (nSPS) is 11.4. The third-order valence-electron chi connectivity index (χ3n) is 2.66. The maximum Gasteiger partial charge on any atom is 0.262 e. The average Bonchev–Trinajstić information content (AvgIpc) is 2.77. The Morgan fingerprint density at radius 3 is 2.67 bits per heavy atom. The lowest BCUT2D eigenvalue weighted by Crippen LogP contribution is -2.15. The molecule has 0 aliphatic carbocycles. The second-order valence-corrected chi connectivity index (χ2v) is 5.59. The number of nitrogens with two attached hydrogens (primary N) is 1. The molecule has 0 radical (unpaired) electrons. The van der Waals surface area contributed by atoms with Crippen LogP contribution in [0.4, 0.5) is 11.4 Å². The number of sulfonamides is 1. The molecule has 0 atom stereocenters. The lowest BCUT2D eigenvalue weighted by atomic mass is 10.1. The largest absolute Gasteiger partial charge is 0.398 e. The van der Waals surface area contributed by atoms with E-state index in [0.29, 0.717) is 11.3 Å². The molecule has 0 bridgehead atoms. The van der Waals surface area contributed by atoms with Gasteiger partial charge in [0.05, 0.1) is 11.1 Å². The molecule has 96 valence electrons. The van der Waals surface area contributed by atoms with E-state index in [-0.39, 0.29) is 10.6 Å². The summed E-state index contributed by atoms with van der Waals surface area (Å²) in [7, 11) is -3.68. The van der Waals surface area contributed by atoms with E-state index in [1.165, 1.54) is 18.5 Å². The monoisotopic (exact) mass is 267 g/mol. The molecule has 2 rings (SSSR count). The topological polar surface area (TPSA) is 98.2 Å². The van der Waals surface area contributed by atoms with Crippen LogP contribution in [0.1, 0.15) is 11.1 Å². The number of hydrogen-bond acceptors (Lipinski definition) is 5. The lowest BCUT2D eigenvalue weighted by Gasteiger charge is -2.11. The average molecular weight is 267 g/mol. The van der Waals surface area contributed by atoms with E-state index < -0.39 is 10.0 Å². The molecule has 0 amide bonds. The van der Waals surface area contributed by atoms with E-state index in [2.05, 4.69) is 14.4 Å². The first-order valence-electron chi connectivity index (χ1n) is 5.19. The summed E-state index contributed by atoms with van der Waals surface area (Å²) in [6.07, 6.45) is 2.49. The summed E-state index contributed by atoms with van der Waals surface area (Å²) >= 11 is 0. The molecule has 1 heterocycles. The molecule has 1 aromatic heterocycles. The van der Waals surface area contributed by atoms with Crippen LogP contribution in [-0.4, -0.2) is 13.6 Å². The summed E-state index contributed by atoms with van der Waals surface area (Å²) in [5, 5.41) is 3.43. The van der Waals surface area contributed by atoms with Crippen molar-refractivity contribution in [2.75, 3.05) is 10.5 Å². The second kappa shape index (κ2) is 4.34. The van der Waals surface area contributed by atoms with E-state index >= 15 is 0 Å². The van der Waals surface area contributed by atoms with Crippen LogP contribution in [-0.2, 0) is 10.0 Å². The number of rotatable bonds is 3. The number of nitrogen functional groups attached to an aromatic ring is 1. The Kier molecular flexibility index (Phi) is 3.00. The minimum absolute atomic E-state index is 0.145. The van der Waals surface area contributed by atoms with Crippen molar-refractivity contribution in [3.05, 3.63) is 35.7 Å². The van der Waals surface area contributed by atoms with Crippen molar-refractivity contribution in [2.24, 2.45) is 0 Å². The molecule has 18 heavy (non-hydrogen) atoms. The Labute approximate surface area is 105 Å². The van der Waals surface area contributed by atoms with Gasteiger partial charge in [-0.15, -0.1) is 0 Å². The molecule has 2 aromatic rings. The zero-order valence-corrected chi connectivity index (χ0v) is 10.8. The van der Waals surface area contributed by atoms with Gasteiger partial charge in [-0.3, -0.25) is 4.72 Å². The fourth-order valence-electron chi connectivity index (χ4n) is 1.60. The van der Waals surface area contributed by atoms with Gasteiger partial charge >= 0.3 is 0 Å². The van der Waals surface area contributed by atoms with Crippen molar-refractivity contribution in [2.45, 2.75) is 18.7 Å². The fourth-order valence-corrected chi connectivity index (χ4v) is 2.88. The molecule has 0 spiro atoms. The van der Waals surface area contributed by atoms with Crippen LogP contribution in [0.3, 0.4) is 0 Å². The van der Waals surface area contributed by atoms with E-state index in [1.54, 1.807) is 13.0 Å². The van der Waals surface area contributed by atoms with Crippen LogP contribution in [0.5, 0.6) is 0 Å². The summed E-state index contributed by atoms with van der Waals surface area (Å²) < 4.78 is 31.2. The highest BCUT2D eigenvalue weighted by Crippen LogP contribution is 2.25. The van der Waals surface area contributed by atoms with Crippen LogP contribution in [0.25, 0.3) is 0 Å². The lowest BCUT2D eigenvalue weighted by molar-refractivity contribution is 0.420. The Balaban J connectivity index is 2.45. The maximum absolute atomic E-state index is 12.1. The van der Waals surface area contributed by atoms with E-state index in [1.807, 2.05) is 6.92 Å². The predicted molar refractivity (Wildman–Crippen MR) is 67.6 cm³/mol. The van der Waals surface area contributed by atoms with Crippen molar-refractivity contribution < 1.29 is 12.9 Å². The van der Waals surface area contributed by atoms with Gasteiger partial charge < -0.3 is 10.3 Å². The van der Waals surface area contributed by atoms with Gasteiger partial charge in [0.2, 0.25) is 0 Å². The quantitative estimate of drug-likeness (QED) is 0.824. The van der Waals surface area contributed by atoms with Gasteiger partial charge in [0.1, 0.15) is 12.0 Å². The highest BCUT2D eigenvalue weighted by atomic mass is 32.2.